The van der Waals surface area contributed by atoms with Gasteiger partial charge in [0.25, 0.3) is 0 Å². The quantitative estimate of drug-likeness (QED) is 0.0802. The Morgan fingerprint density at radius 2 is 1.12 bits per heavy atom. The molecule has 0 amide bonds. The molecular weight excluding hydrogens is 1190 g/mol. The second-order valence-corrected chi connectivity index (χ2v) is 27.3. The molecule has 0 N–H and O–H groups in total. The van der Waals surface area contributed by atoms with E-state index in [1.807, 2.05) is 40.6 Å². The first-order valence-corrected chi connectivity index (χ1v) is 31.8. The summed E-state index contributed by atoms with van der Waals surface area (Å²) in [4.78, 5) is 16.3. The molecule has 0 bridgehead atoms. The molecule has 10 aromatic rings. The van der Waals surface area contributed by atoms with Crippen LogP contribution >= 0.6 is 41.7 Å². The number of benzene rings is 6. The number of rotatable bonds is 14. The second-order valence-electron chi connectivity index (χ2n) is 20.6. The zero-order valence-electron chi connectivity index (χ0n) is 43.9. The van der Waals surface area contributed by atoms with Crippen molar-refractivity contribution in [3.63, 3.8) is 0 Å². The molecule has 6 aromatic carbocycles. The van der Waals surface area contributed by atoms with Gasteiger partial charge in [-0.25, -0.2) is 0 Å². The number of allylic oxidation sites excluding steroid dienone is 6. The second kappa shape index (κ2) is 21.8. The molecule has 381 valence electrons. The van der Waals surface area contributed by atoms with Gasteiger partial charge in [0, 0.05) is 26.3 Å². The van der Waals surface area contributed by atoms with Crippen LogP contribution in [0, 0.1) is 16.2 Å². The summed E-state index contributed by atoms with van der Waals surface area (Å²) in [6, 6.07) is 51.2. The summed E-state index contributed by atoms with van der Waals surface area (Å²) in [7, 11) is -2.55. The van der Waals surface area contributed by atoms with Crippen molar-refractivity contribution < 1.29 is 22.7 Å². The van der Waals surface area contributed by atoms with Crippen LogP contribution in [0.3, 0.4) is 0 Å². The van der Waals surface area contributed by atoms with E-state index in [0.717, 1.165) is 83.9 Å². The molecule has 5 nitrogen and oxygen atoms in total. The average molecular weight is 1250 g/mol. The zero-order chi connectivity index (χ0) is 52.8. The van der Waals surface area contributed by atoms with Crippen molar-refractivity contribution >= 4 is 103 Å². The molecule has 10 heteroatoms. The maximum absolute atomic E-state index is 6.17. The molecule has 5 heterocycles. The summed E-state index contributed by atoms with van der Waals surface area (Å²) in [5.74, 6) is 0.908. The summed E-state index contributed by atoms with van der Waals surface area (Å²) >= 11 is 6.74. The number of aromatic nitrogens is 4. The van der Waals surface area contributed by atoms with E-state index in [-0.39, 0.29) is 0 Å². The van der Waals surface area contributed by atoms with Crippen molar-refractivity contribution in [3.05, 3.63) is 207 Å². The first-order valence-electron chi connectivity index (χ1n) is 26.4. The molecular formula is C67H57N4OOsPS3+. The van der Waals surface area contributed by atoms with Crippen molar-refractivity contribution in [2.45, 2.75) is 54.4 Å². The molecule has 0 radical (unpaired) electrons. The number of nitrogens with zero attached hydrogens (tertiary/aromatic N) is 4. The van der Waals surface area contributed by atoms with E-state index in [0.29, 0.717) is 25.0 Å². The molecule has 77 heavy (non-hydrogen) atoms. The average Bonchev–Trinajstić information content (AvgIpc) is 4.38. The standard InChI is InChI=1S/C67H57N4OPS3.Os/c1-8-21-55-47(34-41(3)4)37-57(74-55)60-64-65(69-63-54-31-20-23-45-22-19-30-53(59(45)54)62(63)68-64)61(67-66(60)70-76-71-67)58-38-48(35-42(5)6)56(75-58)33-32-46(36-49-40-72-39-44(49)9-2)43(7)73(50-24-13-10-14-25-50,51-26-15-11-16-27-51)52-28-17-12-18-29-52;/h8-33,36-38,41-42H,34-35,39-40H2,1-6H3;/q+1;/b21-8+,33-32+,44-9?,46-43?,49-36?;. The number of hydrogen-bond acceptors (Lipinski definition) is 8. The summed E-state index contributed by atoms with van der Waals surface area (Å²) in [6.07, 6.45) is 15.6. The summed E-state index contributed by atoms with van der Waals surface area (Å²) in [6.45, 7) is 14.6. The third-order valence-electron chi connectivity index (χ3n) is 14.6. The Labute approximate surface area is 474 Å². The minimum absolute atomic E-state index is 0.406. The maximum atomic E-state index is 6.17. The summed E-state index contributed by atoms with van der Waals surface area (Å²) in [5.41, 5.74) is 15.7. The van der Waals surface area contributed by atoms with Gasteiger partial charge in [-0.15, -0.1) is 11.3 Å². The monoisotopic (exact) mass is 1250 g/mol. The molecule has 4 aromatic heterocycles. The summed E-state index contributed by atoms with van der Waals surface area (Å²) in [5, 5.41) is 7.43. The first-order chi connectivity index (χ1) is 37.7. The predicted octanol–water partition coefficient (Wildman–Crippen LogP) is 17.0. The topological polar surface area (TPSA) is 60.8 Å². The first kappa shape index (κ1) is 51.4. The molecule has 1 saturated heterocycles. The minimum atomic E-state index is -2.55. The molecule has 0 saturated carbocycles. The van der Waals surface area contributed by atoms with Crippen LogP contribution < -0.4 is 15.9 Å². The van der Waals surface area contributed by atoms with E-state index in [4.69, 9.17) is 23.5 Å². The van der Waals surface area contributed by atoms with E-state index >= 15 is 0 Å². The van der Waals surface area contributed by atoms with Crippen LogP contribution in [0.25, 0.3) is 88.4 Å². The van der Waals surface area contributed by atoms with Gasteiger partial charge in [0.05, 0.1) is 5.69 Å². The van der Waals surface area contributed by atoms with Crippen LogP contribution in [0.4, 0.5) is 0 Å². The molecule has 1 aliphatic carbocycles. The Morgan fingerprint density at radius 1 is 0.623 bits per heavy atom. The molecule has 1 aliphatic heterocycles. The van der Waals surface area contributed by atoms with Crippen molar-refractivity contribution in [3.8, 4) is 47.8 Å². The van der Waals surface area contributed by atoms with Crippen LogP contribution in [0.5, 0.6) is 0 Å². The molecule has 12 rings (SSSR count). The molecule has 0 atom stereocenters. The van der Waals surface area contributed by atoms with E-state index in [1.165, 1.54) is 75.8 Å². The van der Waals surface area contributed by atoms with Gasteiger partial charge in [0.15, 0.2) is 0 Å². The Morgan fingerprint density at radius 3 is 1.58 bits per heavy atom. The van der Waals surface area contributed by atoms with Crippen molar-refractivity contribution in [1.29, 1.82) is 0 Å². The summed E-state index contributed by atoms with van der Waals surface area (Å²) < 4.78 is 20.5. The fraction of sp³-hybridized carbons (Fsp3) is 0.179. The van der Waals surface area contributed by atoms with Gasteiger partial charge in [0.1, 0.15) is 0 Å². The van der Waals surface area contributed by atoms with Crippen LogP contribution in [0.15, 0.2) is 186 Å². The van der Waals surface area contributed by atoms with Crippen LogP contribution in [0.2, 0.25) is 0 Å². The molecule has 2 aliphatic rings. The van der Waals surface area contributed by atoms with Gasteiger partial charge in [-0.1, -0.05) is 56.3 Å². The Hall–Kier alpha value is -6.35. The van der Waals surface area contributed by atoms with E-state index < -0.39 is 7.26 Å². The Kier molecular flexibility index (Phi) is 14.6. The van der Waals surface area contributed by atoms with Crippen LogP contribution in [0.1, 0.15) is 62.4 Å². The van der Waals surface area contributed by atoms with E-state index in [2.05, 4.69) is 222 Å². The predicted molar refractivity (Wildman–Crippen MR) is 329 cm³/mol. The van der Waals surface area contributed by atoms with Gasteiger partial charge in [0.2, 0.25) is 0 Å². The van der Waals surface area contributed by atoms with Gasteiger partial charge >= 0.3 is 336 Å². The molecule has 0 spiro atoms. The van der Waals surface area contributed by atoms with Gasteiger partial charge < -0.3 is 0 Å². The Bertz CT molecular complexity index is 4020. The number of fused-ring (bicyclic) bond motifs is 5. The van der Waals surface area contributed by atoms with Crippen molar-refractivity contribution in [2.75, 3.05) is 13.2 Å². The molecule has 1 fully saturated rings. The fourth-order valence-electron chi connectivity index (χ4n) is 11.4. The van der Waals surface area contributed by atoms with Crippen LogP contribution in [-0.4, -0.2) is 31.9 Å². The SMILES string of the molecule is CC=C1COCC1=CC(/C=C/c1sc(-c2c3nsnc3c(-c3cc(CC(C)C)c(/C=C/C)s3)c3nc4c(nc23)-c2cccc3cccc-4c23)cc1CC(C)C)=C([C]#[Os])[P+](c1ccccc1)(c1ccccc1)c1ccccc1. The van der Waals surface area contributed by atoms with Crippen molar-refractivity contribution in [2.24, 2.45) is 11.8 Å². The third kappa shape index (κ3) is 9.25. The van der Waals surface area contributed by atoms with E-state index in [1.54, 1.807) is 0 Å². The zero-order valence-corrected chi connectivity index (χ0v) is 49.8. The number of ether oxygens (including phenoxy) is 1. The third-order valence-corrected chi connectivity index (χ3v) is 22.9. The van der Waals surface area contributed by atoms with Crippen molar-refractivity contribution in [1.82, 2.24) is 18.7 Å². The van der Waals surface area contributed by atoms with Gasteiger partial charge in [-0.2, -0.15) is 0 Å². The Balaban J connectivity index is 1.12. The van der Waals surface area contributed by atoms with Gasteiger partial charge in [-0.05, 0) is 42.4 Å². The van der Waals surface area contributed by atoms with Gasteiger partial charge in [-0.3, -0.25) is 0 Å². The molecule has 0 unspecified atom stereocenters. The van der Waals surface area contributed by atoms with Crippen LogP contribution in [-0.2, 0) is 35.5 Å². The normalized spacial score (nSPS) is 15.0. The number of hydrogen-bond donors (Lipinski definition) is 0. The number of thiophene rings is 2. The fourth-order valence-corrected chi connectivity index (χ4v) is 20.1. The van der Waals surface area contributed by atoms with E-state index in [9.17, 15) is 0 Å².